The van der Waals surface area contributed by atoms with Gasteiger partial charge >= 0.3 is 20.0 Å². The van der Waals surface area contributed by atoms with Crippen LogP contribution in [-0.2, 0) is 14.2 Å². The maximum atomic E-state index is 12.8. The number of carboxylic acids is 2. The van der Waals surface area contributed by atoms with Gasteiger partial charge in [0, 0.05) is 12.0 Å². The standard InChI is InChI=1S/C12H12FO6P/c13-8-3-1-7(2-4-8)11(20(18)19)9(12(16)17)5-6-10(14)15/h1-4,9,11H,5-6H2,(H2-,14,15,16,17,18,19)/p+1. The Kier molecular flexibility index (Phi) is 5.73. The van der Waals surface area contributed by atoms with Crippen molar-refractivity contribution in [1.29, 1.82) is 0 Å². The van der Waals surface area contributed by atoms with Crippen LogP contribution in [0.5, 0.6) is 0 Å². The second kappa shape index (κ2) is 7.07. The van der Waals surface area contributed by atoms with Crippen LogP contribution >= 0.6 is 8.03 Å². The predicted molar refractivity (Wildman–Crippen MR) is 67.0 cm³/mol. The molecule has 0 bridgehead atoms. The molecule has 1 aromatic carbocycles. The number of rotatable bonds is 7. The van der Waals surface area contributed by atoms with Gasteiger partial charge in [0.1, 0.15) is 11.7 Å². The second-order valence-electron chi connectivity index (χ2n) is 4.18. The van der Waals surface area contributed by atoms with E-state index >= 15 is 0 Å². The zero-order valence-electron chi connectivity index (χ0n) is 10.3. The van der Waals surface area contributed by atoms with Crippen LogP contribution < -0.4 is 0 Å². The van der Waals surface area contributed by atoms with E-state index in [2.05, 4.69) is 0 Å². The van der Waals surface area contributed by atoms with Gasteiger partial charge in [-0.25, -0.2) is 4.39 Å². The number of aliphatic carboxylic acids is 2. The Bertz CT molecular complexity index is 515. The van der Waals surface area contributed by atoms with Crippen LogP contribution in [0.2, 0.25) is 0 Å². The van der Waals surface area contributed by atoms with E-state index in [-0.39, 0.29) is 12.0 Å². The summed E-state index contributed by atoms with van der Waals surface area (Å²) in [7, 11) is -2.90. The summed E-state index contributed by atoms with van der Waals surface area (Å²) in [5, 5.41) is 17.7. The molecule has 8 heteroatoms. The van der Waals surface area contributed by atoms with Crippen molar-refractivity contribution in [2.45, 2.75) is 18.5 Å². The SMILES string of the molecule is O=C(O)CCC(C(=O)O)C(c1ccc(F)cc1)[P+](=O)O. The summed E-state index contributed by atoms with van der Waals surface area (Å²) >= 11 is 0. The lowest BCUT2D eigenvalue weighted by molar-refractivity contribution is -0.143. The summed E-state index contributed by atoms with van der Waals surface area (Å²) in [6.45, 7) is 0. The maximum absolute atomic E-state index is 12.8. The van der Waals surface area contributed by atoms with Gasteiger partial charge in [-0.15, -0.1) is 0 Å². The van der Waals surface area contributed by atoms with Gasteiger partial charge in [0.25, 0.3) is 0 Å². The van der Waals surface area contributed by atoms with Crippen molar-refractivity contribution in [2.24, 2.45) is 5.92 Å². The molecule has 0 aliphatic rings. The minimum Gasteiger partial charge on any atom is -0.481 e. The molecule has 0 fully saturated rings. The van der Waals surface area contributed by atoms with Gasteiger partial charge in [0.15, 0.2) is 0 Å². The normalized spacial score (nSPS) is 14.4. The lowest BCUT2D eigenvalue weighted by atomic mass is 9.94. The molecule has 0 spiro atoms. The Hall–Kier alpha value is -1.85. The molecule has 0 aliphatic heterocycles. The van der Waals surface area contributed by atoms with E-state index in [1.807, 2.05) is 0 Å². The zero-order valence-corrected chi connectivity index (χ0v) is 11.2. The molecule has 1 aromatic rings. The van der Waals surface area contributed by atoms with Crippen molar-refractivity contribution < 1.29 is 33.7 Å². The van der Waals surface area contributed by atoms with Crippen molar-refractivity contribution in [3.05, 3.63) is 35.6 Å². The van der Waals surface area contributed by atoms with Gasteiger partial charge in [0.05, 0.1) is 0 Å². The van der Waals surface area contributed by atoms with Crippen molar-refractivity contribution in [3.8, 4) is 0 Å². The van der Waals surface area contributed by atoms with E-state index in [9.17, 15) is 23.4 Å². The molecule has 3 atom stereocenters. The molecule has 0 aliphatic carbocycles. The molecular weight excluding hydrogens is 290 g/mol. The number of halogens is 1. The number of benzene rings is 1. The highest BCUT2D eigenvalue weighted by Crippen LogP contribution is 2.45. The quantitative estimate of drug-likeness (QED) is 0.665. The average molecular weight is 303 g/mol. The first-order valence-electron chi connectivity index (χ1n) is 5.68. The fourth-order valence-electron chi connectivity index (χ4n) is 1.87. The molecule has 3 unspecified atom stereocenters. The highest BCUT2D eigenvalue weighted by Gasteiger charge is 2.43. The van der Waals surface area contributed by atoms with E-state index in [0.29, 0.717) is 0 Å². The zero-order chi connectivity index (χ0) is 15.3. The number of carbonyl (C=O) groups is 2. The first-order chi connectivity index (χ1) is 9.32. The predicted octanol–water partition coefficient (Wildman–Crippen LogP) is 2.17. The first kappa shape index (κ1) is 16.2. The molecule has 0 saturated carbocycles. The summed E-state index contributed by atoms with van der Waals surface area (Å²) in [6, 6.07) is 4.55. The van der Waals surface area contributed by atoms with Crippen LogP contribution in [0.4, 0.5) is 4.39 Å². The molecule has 3 N–H and O–H groups in total. The van der Waals surface area contributed by atoms with Crippen molar-refractivity contribution in [2.75, 3.05) is 0 Å². The van der Waals surface area contributed by atoms with Crippen LogP contribution in [-0.4, -0.2) is 27.0 Å². The minimum atomic E-state index is -2.90. The number of carboxylic acid groups (broad SMARTS) is 2. The maximum Gasteiger partial charge on any atom is 0.514 e. The molecule has 0 aromatic heterocycles. The lowest BCUT2D eigenvalue weighted by Gasteiger charge is -2.14. The van der Waals surface area contributed by atoms with E-state index in [1.54, 1.807) is 0 Å². The van der Waals surface area contributed by atoms with Crippen molar-refractivity contribution in [1.82, 2.24) is 0 Å². The second-order valence-corrected chi connectivity index (χ2v) is 5.34. The van der Waals surface area contributed by atoms with Crippen LogP contribution in [0.25, 0.3) is 0 Å². The highest BCUT2D eigenvalue weighted by molar-refractivity contribution is 7.38. The van der Waals surface area contributed by atoms with Gasteiger partial charge < -0.3 is 10.2 Å². The number of hydrogen-bond acceptors (Lipinski definition) is 3. The fourth-order valence-corrected chi connectivity index (χ4v) is 2.88. The topological polar surface area (TPSA) is 112 Å². The molecule has 0 amide bonds. The van der Waals surface area contributed by atoms with Crippen LogP contribution in [0.1, 0.15) is 24.1 Å². The van der Waals surface area contributed by atoms with Crippen LogP contribution in [0.15, 0.2) is 24.3 Å². The Morgan fingerprint density at radius 2 is 1.75 bits per heavy atom. The van der Waals surface area contributed by atoms with Gasteiger partial charge in [-0.1, -0.05) is 12.1 Å². The van der Waals surface area contributed by atoms with E-state index in [0.717, 1.165) is 12.1 Å². The summed E-state index contributed by atoms with van der Waals surface area (Å²) in [5.41, 5.74) is -1.09. The summed E-state index contributed by atoms with van der Waals surface area (Å²) < 4.78 is 24.3. The van der Waals surface area contributed by atoms with Gasteiger partial charge in [-0.05, 0) is 23.1 Å². The Morgan fingerprint density at radius 1 is 1.20 bits per heavy atom. The lowest BCUT2D eigenvalue weighted by Crippen LogP contribution is -2.21. The third-order valence-electron chi connectivity index (χ3n) is 2.82. The Labute approximate surface area is 114 Å². The summed E-state index contributed by atoms with van der Waals surface area (Å²) in [4.78, 5) is 31.0. The average Bonchev–Trinajstić information content (AvgIpc) is 2.34. The van der Waals surface area contributed by atoms with Crippen molar-refractivity contribution in [3.63, 3.8) is 0 Å². The first-order valence-corrected chi connectivity index (χ1v) is 6.96. The van der Waals surface area contributed by atoms with E-state index in [4.69, 9.17) is 10.2 Å². The molecular formula is C12H13FO6P+. The third-order valence-corrected chi connectivity index (χ3v) is 3.95. The highest BCUT2D eigenvalue weighted by atomic mass is 31.1. The molecule has 0 saturated heterocycles. The molecule has 108 valence electrons. The van der Waals surface area contributed by atoms with E-state index in [1.165, 1.54) is 12.1 Å². The Balaban J connectivity index is 3.08. The third kappa shape index (κ3) is 4.36. The Morgan fingerprint density at radius 3 is 2.15 bits per heavy atom. The van der Waals surface area contributed by atoms with Gasteiger partial charge in [-0.3, -0.25) is 9.59 Å². The van der Waals surface area contributed by atoms with E-state index < -0.39 is 43.8 Å². The monoisotopic (exact) mass is 303 g/mol. The van der Waals surface area contributed by atoms with Gasteiger partial charge in [-0.2, -0.15) is 4.89 Å². The molecule has 1 rings (SSSR count). The molecule has 20 heavy (non-hydrogen) atoms. The molecule has 0 radical (unpaired) electrons. The fraction of sp³-hybridized carbons (Fsp3) is 0.333. The largest absolute Gasteiger partial charge is 0.514 e. The molecule has 6 nitrogen and oxygen atoms in total. The minimum absolute atomic E-state index is 0.188. The van der Waals surface area contributed by atoms with Crippen LogP contribution in [0, 0.1) is 11.7 Å². The summed E-state index contributed by atoms with van der Waals surface area (Å²) in [6.07, 6.45) is -0.716. The summed E-state index contributed by atoms with van der Waals surface area (Å²) in [5.74, 6) is -4.44. The van der Waals surface area contributed by atoms with Crippen molar-refractivity contribution >= 4 is 20.0 Å². The number of hydrogen-bond donors (Lipinski definition) is 3. The molecule has 0 heterocycles. The van der Waals surface area contributed by atoms with Gasteiger partial charge in [0.2, 0.25) is 5.66 Å². The smallest absolute Gasteiger partial charge is 0.481 e. The van der Waals surface area contributed by atoms with Crippen LogP contribution in [0.3, 0.4) is 0 Å².